The summed E-state index contributed by atoms with van der Waals surface area (Å²) in [5.41, 5.74) is 4.41. The first-order valence-electron chi connectivity index (χ1n) is 8.92. The lowest BCUT2D eigenvalue weighted by molar-refractivity contribution is 0.0953. The van der Waals surface area contributed by atoms with Gasteiger partial charge in [0, 0.05) is 23.5 Å². The largest absolute Gasteiger partial charge is 0.354 e. The fraction of sp³-hybridized carbons (Fsp3) is 0.182. The molecule has 0 aliphatic rings. The van der Waals surface area contributed by atoms with E-state index in [1.54, 1.807) is 18.5 Å². The zero-order valence-electron chi connectivity index (χ0n) is 15.2. The number of amides is 1. The molecule has 0 saturated carbocycles. The van der Waals surface area contributed by atoms with Gasteiger partial charge in [0.15, 0.2) is 0 Å². The summed E-state index contributed by atoms with van der Waals surface area (Å²) in [7, 11) is 0. The molecule has 0 aliphatic carbocycles. The number of nitrogens with zero attached hydrogens (tertiary/aromatic N) is 1. The summed E-state index contributed by atoms with van der Waals surface area (Å²) in [5.74, 6) is -0.124. The number of nitrogens with one attached hydrogen (secondary N) is 2. The van der Waals surface area contributed by atoms with Crippen LogP contribution in [0.4, 0.5) is 11.4 Å². The van der Waals surface area contributed by atoms with Crippen LogP contribution in [0, 0.1) is 6.92 Å². The Morgan fingerprint density at radius 2 is 1.85 bits per heavy atom. The first-order valence-corrected chi connectivity index (χ1v) is 9.30. The van der Waals surface area contributed by atoms with Gasteiger partial charge in [0.05, 0.1) is 17.4 Å². The van der Waals surface area contributed by atoms with Crippen molar-refractivity contribution in [1.82, 2.24) is 10.3 Å². The molecule has 5 heteroatoms. The number of hydrogen-bond donors (Lipinski definition) is 2. The van der Waals surface area contributed by atoms with Crippen LogP contribution in [0.25, 0.3) is 0 Å². The third-order valence-electron chi connectivity index (χ3n) is 4.23. The van der Waals surface area contributed by atoms with Crippen LogP contribution in [0.5, 0.6) is 0 Å². The summed E-state index contributed by atoms with van der Waals surface area (Å²) >= 11 is 6.16. The maximum atomic E-state index is 12.4. The van der Waals surface area contributed by atoms with Crippen LogP contribution in [-0.4, -0.2) is 17.4 Å². The van der Waals surface area contributed by atoms with Crippen LogP contribution in [0.2, 0.25) is 5.02 Å². The fourth-order valence-electron chi connectivity index (χ4n) is 2.71. The number of pyridine rings is 1. The first kappa shape index (κ1) is 18.9. The van der Waals surface area contributed by atoms with Crippen molar-refractivity contribution in [2.24, 2.45) is 0 Å². The number of carbonyl (C=O) groups excluding carboxylic acids is 1. The monoisotopic (exact) mass is 379 g/mol. The average Bonchev–Trinajstić information content (AvgIpc) is 2.69. The maximum absolute atomic E-state index is 12.4. The lowest BCUT2D eigenvalue weighted by atomic mass is 10.1. The van der Waals surface area contributed by atoms with E-state index in [9.17, 15) is 4.79 Å². The number of aryl methyl sites for hydroxylation is 2. The van der Waals surface area contributed by atoms with Crippen molar-refractivity contribution in [3.63, 3.8) is 0 Å². The van der Waals surface area contributed by atoms with Gasteiger partial charge in [-0.25, -0.2) is 0 Å². The summed E-state index contributed by atoms with van der Waals surface area (Å²) in [6, 6.07) is 17.8. The highest BCUT2D eigenvalue weighted by Crippen LogP contribution is 2.23. The number of halogens is 1. The fourth-order valence-corrected chi connectivity index (χ4v) is 2.89. The Morgan fingerprint density at radius 1 is 1.04 bits per heavy atom. The second kappa shape index (κ2) is 9.19. The maximum Gasteiger partial charge on any atom is 0.252 e. The molecular weight excluding hydrogens is 358 g/mol. The quantitative estimate of drug-likeness (QED) is 0.558. The summed E-state index contributed by atoms with van der Waals surface area (Å²) < 4.78 is 0. The molecule has 1 heterocycles. The molecule has 0 radical (unpaired) electrons. The van der Waals surface area contributed by atoms with Crippen molar-refractivity contribution in [2.75, 3.05) is 11.9 Å². The van der Waals surface area contributed by atoms with E-state index in [1.807, 2.05) is 43.3 Å². The molecule has 3 rings (SSSR count). The normalized spacial score (nSPS) is 10.4. The molecular formula is C22H22ClN3O. The first-order chi connectivity index (χ1) is 13.1. The highest BCUT2D eigenvalue weighted by Gasteiger charge is 2.07. The number of hydrogen-bond acceptors (Lipinski definition) is 3. The molecule has 0 saturated heterocycles. The van der Waals surface area contributed by atoms with Gasteiger partial charge in [0.2, 0.25) is 0 Å². The lowest BCUT2D eigenvalue weighted by Gasteiger charge is -2.10. The predicted molar refractivity (Wildman–Crippen MR) is 111 cm³/mol. The summed E-state index contributed by atoms with van der Waals surface area (Å²) in [5, 5.41) is 6.87. The van der Waals surface area contributed by atoms with E-state index in [1.165, 1.54) is 5.56 Å². The van der Waals surface area contributed by atoms with Crippen molar-refractivity contribution in [3.05, 3.63) is 88.7 Å². The van der Waals surface area contributed by atoms with Gasteiger partial charge in [-0.2, -0.15) is 0 Å². The summed E-state index contributed by atoms with van der Waals surface area (Å²) in [6.07, 6.45) is 5.08. The van der Waals surface area contributed by atoms with Crippen LogP contribution < -0.4 is 10.6 Å². The molecule has 0 atom stereocenters. The van der Waals surface area contributed by atoms with E-state index in [4.69, 9.17) is 11.6 Å². The van der Waals surface area contributed by atoms with E-state index < -0.39 is 0 Å². The van der Waals surface area contributed by atoms with E-state index in [0.29, 0.717) is 17.1 Å². The van der Waals surface area contributed by atoms with E-state index in [-0.39, 0.29) is 5.91 Å². The van der Waals surface area contributed by atoms with Gasteiger partial charge in [-0.15, -0.1) is 0 Å². The Kier molecular flexibility index (Phi) is 6.44. The SMILES string of the molecule is Cc1ccc(Nc2cncc(C(=O)NCCCc3ccccc3)c2)cc1Cl. The van der Waals surface area contributed by atoms with Crippen LogP contribution in [0.15, 0.2) is 67.0 Å². The van der Waals surface area contributed by atoms with Gasteiger partial charge in [-0.1, -0.05) is 48.0 Å². The Labute approximate surface area is 164 Å². The average molecular weight is 380 g/mol. The summed E-state index contributed by atoms with van der Waals surface area (Å²) in [6.45, 7) is 2.58. The van der Waals surface area contributed by atoms with Crippen molar-refractivity contribution in [1.29, 1.82) is 0 Å². The Bertz CT molecular complexity index is 912. The molecule has 1 aromatic heterocycles. The lowest BCUT2D eigenvalue weighted by Crippen LogP contribution is -2.25. The molecule has 3 aromatic rings. The number of carbonyl (C=O) groups is 1. The topological polar surface area (TPSA) is 54.0 Å². The second-order valence-electron chi connectivity index (χ2n) is 6.40. The molecule has 1 amide bonds. The van der Waals surface area contributed by atoms with E-state index >= 15 is 0 Å². The third-order valence-corrected chi connectivity index (χ3v) is 4.64. The molecule has 0 aliphatic heterocycles. The number of rotatable bonds is 7. The van der Waals surface area contributed by atoms with Gasteiger partial charge in [-0.3, -0.25) is 9.78 Å². The molecule has 138 valence electrons. The van der Waals surface area contributed by atoms with Crippen LogP contribution >= 0.6 is 11.6 Å². The smallest absolute Gasteiger partial charge is 0.252 e. The molecule has 0 bridgehead atoms. The Balaban J connectivity index is 1.54. The highest BCUT2D eigenvalue weighted by atomic mass is 35.5. The Morgan fingerprint density at radius 3 is 2.63 bits per heavy atom. The number of anilines is 2. The molecule has 0 fully saturated rings. The van der Waals surface area contributed by atoms with Crippen LogP contribution in [0.3, 0.4) is 0 Å². The molecule has 4 nitrogen and oxygen atoms in total. The van der Waals surface area contributed by atoms with Crippen LogP contribution in [0.1, 0.15) is 27.9 Å². The molecule has 27 heavy (non-hydrogen) atoms. The molecule has 2 N–H and O–H groups in total. The molecule has 2 aromatic carbocycles. The van der Waals surface area contributed by atoms with Gasteiger partial charge >= 0.3 is 0 Å². The number of benzene rings is 2. The minimum atomic E-state index is -0.124. The Hall–Kier alpha value is -2.85. The van der Waals surface area contributed by atoms with E-state index in [2.05, 4.69) is 27.8 Å². The minimum absolute atomic E-state index is 0.124. The zero-order chi connectivity index (χ0) is 19.1. The minimum Gasteiger partial charge on any atom is -0.354 e. The number of aromatic nitrogens is 1. The van der Waals surface area contributed by atoms with Gasteiger partial charge < -0.3 is 10.6 Å². The molecule has 0 spiro atoms. The standard InChI is InChI=1S/C22H22ClN3O/c1-16-9-10-19(13-21(16)23)26-20-12-18(14-24-15-20)22(27)25-11-5-8-17-6-3-2-4-7-17/h2-4,6-7,9-10,12-15,26H,5,8,11H2,1H3,(H,25,27). The van der Waals surface area contributed by atoms with E-state index in [0.717, 1.165) is 29.8 Å². The molecule has 0 unspecified atom stereocenters. The van der Waals surface area contributed by atoms with Gasteiger partial charge in [0.1, 0.15) is 0 Å². The van der Waals surface area contributed by atoms with Crippen LogP contribution in [-0.2, 0) is 6.42 Å². The summed E-state index contributed by atoms with van der Waals surface area (Å²) in [4.78, 5) is 16.5. The van der Waals surface area contributed by atoms with Crippen molar-refractivity contribution >= 4 is 28.9 Å². The predicted octanol–water partition coefficient (Wildman–Crippen LogP) is 5.15. The van der Waals surface area contributed by atoms with Crippen molar-refractivity contribution in [3.8, 4) is 0 Å². The van der Waals surface area contributed by atoms with Gasteiger partial charge in [-0.05, 0) is 49.1 Å². The zero-order valence-corrected chi connectivity index (χ0v) is 16.0. The highest BCUT2D eigenvalue weighted by molar-refractivity contribution is 6.31. The van der Waals surface area contributed by atoms with Crippen molar-refractivity contribution in [2.45, 2.75) is 19.8 Å². The van der Waals surface area contributed by atoms with Gasteiger partial charge in [0.25, 0.3) is 5.91 Å². The van der Waals surface area contributed by atoms with Crippen molar-refractivity contribution < 1.29 is 4.79 Å². The second-order valence-corrected chi connectivity index (χ2v) is 6.80. The third kappa shape index (κ3) is 5.56.